The number of nitrogens with zero attached hydrogens (tertiary/aromatic N) is 2. The minimum atomic E-state index is -0.668. The van der Waals surface area contributed by atoms with Gasteiger partial charge in [-0.15, -0.1) is 0 Å². The van der Waals surface area contributed by atoms with Crippen molar-refractivity contribution in [3.05, 3.63) is 44.4 Å². The maximum absolute atomic E-state index is 12.2. The second-order valence-corrected chi connectivity index (χ2v) is 6.38. The molecule has 138 valence electrons. The van der Waals surface area contributed by atoms with E-state index in [0.717, 1.165) is 28.8 Å². The lowest BCUT2D eigenvalue weighted by molar-refractivity contribution is -0.384. The number of benzene rings is 1. The van der Waals surface area contributed by atoms with Crippen LogP contribution in [0.25, 0.3) is 0 Å². The van der Waals surface area contributed by atoms with Crippen LogP contribution in [0.2, 0.25) is 5.02 Å². The number of nitro groups is 1. The SMILES string of the molecule is CCOC(=O)/C=C1\SCC(=O)N1CC(=O)Nc1ccc(Cl)c([N+](=O)[O-])c1. The molecule has 1 saturated heterocycles. The number of nitro benzene ring substituents is 1. The lowest BCUT2D eigenvalue weighted by atomic mass is 10.2. The number of hydrogen-bond acceptors (Lipinski definition) is 7. The molecule has 1 fully saturated rings. The molecular weight excluding hydrogens is 386 g/mol. The summed E-state index contributed by atoms with van der Waals surface area (Å²) < 4.78 is 4.79. The first-order valence-electron chi connectivity index (χ1n) is 7.37. The highest BCUT2D eigenvalue weighted by Crippen LogP contribution is 2.29. The van der Waals surface area contributed by atoms with Gasteiger partial charge in [-0.25, -0.2) is 4.79 Å². The molecule has 0 atom stereocenters. The number of nitrogens with one attached hydrogen (secondary N) is 1. The summed E-state index contributed by atoms with van der Waals surface area (Å²) in [7, 11) is 0. The monoisotopic (exact) mass is 399 g/mol. The Hall–Kier alpha value is -2.59. The number of rotatable bonds is 6. The molecule has 1 aromatic carbocycles. The molecule has 1 heterocycles. The summed E-state index contributed by atoms with van der Waals surface area (Å²) in [5.41, 5.74) is -0.179. The molecule has 9 nitrogen and oxygen atoms in total. The summed E-state index contributed by atoms with van der Waals surface area (Å²) >= 11 is 6.84. The second-order valence-electron chi connectivity index (χ2n) is 4.97. The summed E-state index contributed by atoms with van der Waals surface area (Å²) in [6.45, 7) is 1.50. The van der Waals surface area contributed by atoms with E-state index in [4.69, 9.17) is 16.3 Å². The van der Waals surface area contributed by atoms with E-state index in [-0.39, 0.29) is 41.2 Å². The fourth-order valence-electron chi connectivity index (χ4n) is 2.06. The highest BCUT2D eigenvalue weighted by molar-refractivity contribution is 8.04. The third-order valence-corrected chi connectivity index (χ3v) is 4.51. The highest BCUT2D eigenvalue weighted by Gasteiger charge is 2.29. The summed E-state index contributed by atoms with van der Waals surface area (Å²) in [5.74, 6) is -1.41. The van der Waals surface area contributed by atoms with Gasteiger partial charge in [0.2, 0.25) is 11.8 Å². The highest BCUT2D eigenvalue weighted by atomic mass is 35.5. The van der Waals surface area contributed by atoms with Crippen molar-refractivity contribution in [3.63, 3.8) is 0 Å². The van der Waals surface area contributed by atoms with Gasteiger partial charge in [0, 0.05) is 11.8 Å². The summed E-state index contributed by atoms with van der Waals surface area (Å²) in [6.07, 6.45) is 1.15. The number of esters is 1. The van der Waals surface area contributed by atoms with Crippen molar-refractivity contribution in [1.82, 2.24) is 4.90 Å². The molecule has 0 bridgehead atoms. The van der Waals surface area contributed by atoms with Crippen molar-refractivity contribution in [3.8, 4) is 0 Å². The van der Waals surface area contributed by atoms with Crippen molar-refractivity contribution in [2.75, 3.05) is 24.2 Å². The number of anilines is 1. The molecule has 0 unspecified atom stereocenters. The van der Waals surface area contributed by atoms with Gasteiger partial charge in [0.15, 0.2) is 0 Å². The van der Waals surface area contributed by atoms with E-state index >= 15 is 0 Å². The van der Waals surface area contributed by atoms with Crippen LogP contribution >= 0.6 is 23.4 Å². The van der Waals surface area contributed by atoms with Crippen LogP contribution in [-0.4, -0.2) is 46.5 Å². The Bertz CT molecular complexity index is 798. The number of hydrogen-bond donors (Lipinski definition) is 1. The van der Waals surface area contributed by atoms with Gasteiger partial charge in [-0.3, -0.25) is 24.6 Å². The van der Waals surface area contributed by atoms with Crippen molar-refractivity contribution >= 4 is 52.5 Å². The molecule has 0 radical (unpaired) electrons. The topological polar surface area (TPSA) is 119 Å². The Kier molecular flexibility index (Phi) is 6.58. The van der Waals surface area contributed by atoms with E-state index in [1.165, 1.54) is 12.1 Å². The fraction of sp³-hybridized carbons (Fsp3) is 0.267. The van der Waals surface area contributed by atoms with Crippen molar-refractivity contribution < 1.29 is 24.0 Å². The van der Waals surface area contributed by atoms with Crippen LogP contribution in [0.5, 0.6) is 0 Å². The van der Waals surface area contributed by atoms with Crippen LogP contribution < -0.4 is 5.32 Å². The quantitative estimate of drug-likeness (QED) is 0.337. The normalized spacial score (nSPS) is 15.2. The van der Waals surface area contributed by atoms with E-state index in [2.05, 4.69) is 5.32 Å². The van der Waals surface area contributed by atoms with E-state index in [1.807, 2.05) is 0 Å². The second kappa shape index (κ2) is 8.68. The first-order chi connectivity index (χ1) is 12.3. The van der Waals surface area contributed by atoms with Gasteiger partial charge in [0.1, 0.15) is 11.6 Å². The van der Waals surface area contributed by atoms with Crippen LogP contribution in [0.15, 0.2) is 29.3 Å². The Balaban J connectivity index is 2.08. The summed E-state index contributed by atoms with van der Waals surface area (Å²) in [4.78, 5) is 47.0. The van der Waals surface area contributed by atoms with Crippen molar-refractivity contribution in [2.24, 2.45) is 0 Å². The zero-order valence-corrected chi connectivity index (χ0v) is 15.1. The molecule has 26 heavy (non-hydrogen) atoms. The first kappa shape index (κ1) is 19.7. The number of carbonyl (C=O) groups excluding carboxylic acids is 3. The predicted molar refractivity (Wildman–Crippen MR) is 95.6 cm³/mol. The summed E-state index contributed by atoms with van der Waals surface area (Å²) in [6, 6.07) is 3.82. The first-order valence-corrected chi connectivity index (χ1v) is 8.73. The third-order valence-electron chi connectivity index (χ3n) is 3.17. The minimum Gasteiger partial charge on any atom is -0.463 e. The molecule has 0 aliphatic carbocycles. The molecule has 2 amide bonds. The number of ether oxygens (including phenoxy) is 1. The van der Waals surface area contributed by atoms with Gasteiger partial charge in [0.05, 0.1) is 28.4 Å². The molecule has 0 saturated carbocycles. The van der Waals surface area contributed by atoms with E-state index in [0.29, 0.717) is 5.03 Å². The molecule has 11 heteroatoms. The van der Waals surface area contributed by atoms with E-state index in [9.17, 15) is 24.5 Å². The summed E-state index contributed by atoms with van der Waals surface area (Å²) in [5, 5.41) is 13.6. The Morgan fingerprint density at radius 2 is 2.23 bits per heavy atom. The average Bonchev–Trinajstić information content (AvgIpc) is 2.89. The largest absolute Gasteiger partial charge is 0.463 e. The molecule has 2 rings (SSSR count). The van der Waals surface area contributed by atoms with Gasteiger partial charge in [0.25, 0.3) is 5.69 Å². The Morgan fingerprint density at radius 1 is 1.50 bits per heavy atom. The lowest BCUT2D eigenvalue weighted by Crippen LogP contribution is -2.34. The smallest absolute Gasteiger partial charge is 0.333 e. The molecule has 1 aromatic rings. The number of carbonyl (C=O) groups is 3. The van der Waals surface area contributed by atoms with Crippen LogP contribution in [0.3, 0.4) is 0 Å². The Morgan fingerprint density at radius 3 is 2.88 bits per heavy atom. The average molecular weight is 400 g/mol. The zero-order chi connectivity index (χ0) is 19.3. The molecule has 0 spiro atoms. The maximum Gasteiger partial charge on any atom is 0.333 e. The minimum absolute atomic E-state index is 0.0567. The van der Waals surface area contributed by atoms with Crippen molar-refractivity contribution in [1.29, 1.82) is 0 Å². The maximum atomic E-state index is 12.2. The molecule has 1 N–H and O–H groups in total. The molecule has 1 aliphatic rings. The number of amides is 2. The van der Waals surface area contributed by atoms with Gasteiger partial charge >= 0.3 is 5.97 Å². The number of thioether (sulfide) groups is 1. The zero-order valence-electron chi connectivity index (χ0n) is 13.6. The van der Waals surface area contributed by atoms with Gasteiger partial charge in [-0.05, 0) is 19.1 Å². The third kappa shape index (κ3) is 4.96. The van der Waals surface area contributed by atoms with Crippen molar-refractivity contribution in [2.45, 2.75) is 6.92 Å². The Labute approximate surface area is 157 Å². The van der Waals surface area contributed by atoms with E-state index < -0.39 is 16.8 Å². The van der Waals surface area contributed by atoms with Gasteiger partial charge in [-0.1, -0.05) is 23.4 Å². The van der Waals surface area contributed by atoms with Crippen LogP contribution in [0, 0.1) is 10.1 Å². The fourth-order valence-corrected chi connectivity index (χ4v) is 3.17. The van der Waals surface area contributed by atoms with Gasteiger partial charge < -0.3 is 10.1 Å². The van der Waals surface area contributed by atoms with Crippen LogP contribution in [0.4, 0.5) is 11.4 Å². The number of halogens is 1. The van der Waals surface area contributed by atoms with Gasteiger partial charge in [-0.2, -0.15) is 0 Å². The standard InChI is InChI=1S/C15H14ClN3O6S/c1-2-25-15(22)6-14-18(13(21)8-26-14)7-12(20)17-9-3-4-10(16)11(5-9)19(23)24/h3-6H,2,7-8H2,1H3,(H,17,20)/b14-6-. The lowest BCUT2D eigenvalue weighted by Gasteiger charge is -2.16. The van der Waals surface area contributed by atoms with Crippen LogP contribution in [-0.2, 0) is 19.1 Å². The molecule has 0 aromatic heterocycles. The van der Waals surface area contributed by atoms with Crippen LogP contribution in [0.1, 0.15) is 6.92 Å². The van der Waals surface area contributed by atoms with E-state index in [1.54, 1.807) is 6.92 Å². The molecule has 1 aliphatic heterocycles. The predicted octanol–water partition coefficient (Wildman–Crippen LogP) is 2.17. The molecular formula is C15H14ClN3O6S.